The predicted octanol–water partition coefficient (Wildman–Crippen LogP) is 4.10. The summed E-state index contributed by atoms with van der Waals surface area (Å²) < 4.78 is 44.7. The summed E-state index contributed by atoms with van der Waals surface area (Å²) in [5.41, 5.74) is 6.40. The number of halogens is 3. The number of aliphatic hydroxyl groups is 1. The highest BCUT2D eigenvalue weighted by Crippen LogP contribution is 2.36. The number of amides is 2. The second-order valence-corrected chi connectivity index (χ2v) is 11.0. The van der Waals surface area contributed by atoms with Crippen LogP contribution >= 0.6 is 0 Å². The highest BCUT2D eigenvalue weighted by atomic mass is 19.4. The Morgan fingerprint density at radius 1 is 1.12 bits per heavy atom. The zero-order valence-electron chi connectivity index (χ0n) is 23.8. The molecule has 1 unspecified atom stereocenters. The van der Waals surface area contributed by atoms with Crippen molar-refractivity contribution in [3.05, 3.63) is 83.6 Å². The number of benzene rings is 3. The van der Waals surface area contributed by atoms with Gasteiger partial charge in [-0.05, 0) is 74.2 Å². The fourth-order valence-corrected chi connectivity index (χ4v) is 5.33. The van der Waals surface area contributed by atoms with E-state index in [0.29, 0.717) is 40.9 Å². The Morgan fingerprint density at radius 2 is 1.88 bits per heavy atom. The molecule has 1 aliphatic heterocycles. The molecule has 0 spiro atoms. The highest BCUT2D eigenvalue weighted by molar-refractivity contribution is 5.98. The number of aromatic nitrogens is 2. The summed E-state index contributed by atoms with van der Waals surface area (Å²) in [5.74, 6) is -1.16. The SMILES string of the molecule is Cc1cc(NCC(O)(CN2CCCc3ccccc32)C(F)(F)F)c2cnn(-c3cccc(C(=O)N[C@H](C)C(N)=O)c3)c2c1. The number of carbonyl (C=O) groups is 2. The van der Waals surface area contributed by atoms with Crippen molar-refractivity contribution in [3.63, 3.8) is 0 Å². The molecule has 226 valence electrons. The third kappa shape index (κ3) is 6.14. The maximum absolute atomic E-state index is 14.4. The molecule has 2 atom stereocenters. The van der Waals surface area contributed by atoms with E-state index in [2.05, 4.69) is 15.7 Å². The fourth-order valence-electron chi connectivity index (χ4n) is 5.33. The Bertz CT molecular complexity index is 1670. The molecular formula is C31H33F3N6O3. The van der Waals surface area contributed by atoms with Gasteiger partial charge < -0.3 is 26.4 Å². The van der Waals surface area contributed by atoms with Crippen LogP contribution in [0.5, 0.6) is 0 Å². The van der Waals surface area contributed by atoms with Gasteiger partial charge in [-0.25, -0.2) is 4.68 Å². The molecule has 1 aliphatic rings. The van der Waals surface area contributed by atoms with Crippen LogP contribution in [0.4, 0.5) is 24.5 Å². The van der Waals surface area contributed by atoms with Crippen molar-refractivity contribution in [2.45, 2.75) is 44.5 Å². The number of primary amides is 1. The van der Waals surface area contributed by atoms with Crippen LogP contribution in [0.3, 0.4) is 0 Å². The maximum atomic E-state index is 14.4. The van der Waals surface area contributed by atoms with Crippen molar-refractivity contribution < 1.29 is 27.9 Å². The number of para-hydroxylation sites is 1. The van der Waals surface area contributed by atoms with E-state index in [-0.39, 0.29) is 5.56 Å². The number of nitrogens with two attached hydrogens (primary N) is 1. The first-order valence-corrected chi connectivity index (χ1v) is 13.9. The third-order valence-electron chi connectivity index (χ3n) is 7.72. The van der Waals surface area contributed by atoms with Gasteiger partial charge in [0.2, 0.25) is 5.91 Å². The summed E-state index contributed by atoms with van der Waals surface area (Å²) >= 11 is 0. The van der Waals surface area contributed by atoms with Gasteiger partial charge in [0.1, 0.15) is 6.04 Å². The van der Waals surface area contributed by atoms with Gasteiger partial charge in [0, 0.05) is 28.9 Å². The number of aryl methyl sites for hydroxylation is 2. The molecule has 0 saturated carbocycles. The lowest BCUT2D eigenvalue weighted by Gasteiger charge is -2.39. The Labute approximate surface area is 246 Å². The second-order valence-electron chi connectivity index (χ2n) is 11.0. The van der Waals surface area contributed by atoms with E-state index >= 15 is 0 Å². The highest BCUT2D eigenvalue weighted by Gasteiger charge is 2.54. The summed E-state index contributed by atoms with van der Waals surface area (Å²) in [5, 5.41) is 21.4. The van der Waals surface area contributed by atoms with Crippen molar-refractivity contribution in [2.24, 2.45) is 5.73 Å². The van der Waals surface area contributed by atoms with Gasteiger partial charge >= 0.3 is 6.18 Å². The maximum Gasteiger partial charge on any atom is 0.420 e. The van der Waals surface area contributed by atoms with E-state index in [4.69, 9.17) is 5.73 Å². The first-order chi connectivity index (χ1) is 20.4. The smallest absolute Gasteiger partial charge is 0.381 e. The van der Waals surface area contributed by atoms with Gasteiger partial charge in [0.15, 0.2) is 5.60 Å². The van der Waals surface area contributed by atoms with Gasteiger partial charge in [-0.15, -0.1) is 0 Å². The monoisotopic (exact) mass is 594 g/mol. The lowest BCUT2D eigenvalue weighted by molar-refractivity contribution is -0.250. The van der Waals surface area contributed by atoms with Crippen molar-refractivity contribution >= 4 is 34.1 Å². The molecule has 12 heteroatoms. The molecule has 0 bridgehead atoms. The van der Waals surface area contributed by atoms with Crippen LogP contribution in [-0.2, 0) is 11.2 Å². The van der Waals surface area contributed by atoms with Gasteiger partial charge in [0.05, 0.1) is 30.5 Å². The summed E-state index contributed by atoms with van der Waals surface area (Å²) in [6.07, 6.45) is -1.90. The van der Waals surface area contributed by atoms with Crippen LogP contribution in [0.1, 0.15) is 34.8 Å². The standard InChI is InChI=1S/C31H33F3N6O3/c1-19-13-25(36-17-30(43,31(32,33)34)18-39-12-6-9-21-7-3-4-11-26(21)39)24-16-37-40(27(24)14-19)23-10-5-8-22(15-23)29(42)38-20(2)28(35)41/h3-5,7-8,10-11,13-16,20,36,43H,6,9,12,17-18H2,1-2H3,(H2,35,41)(H,38,42)/t20-,30?/m1/s1. The minimum absolute atomic E-state index is 0.273. The average molecular weight is 595 g/mol. The van der Waals surface area contributed by atoms with Crippen LogP contribution in [0.15, 0.2) is 66.9 Å². The Kier molecular flexibility index (Phi) is 8.06. The minimum atomic E-state index is -4.90. The number of rotatable bonds is 9. The average Bonchev–Trinajstić information content (AvgIpc) is 3.39. The number of anilines is 2. The van der Waals surface area contributed by atoms with Crippen molar-refractivity contribution in [1.82, 2.24) is 15.1 Å². The zero-order chi connectivity index (χ0) is 30.9. The summed E-state index contributed by atoms with van der Waals surface area (Å²) in [7, 11) is 0. The van der Waals surface area contributed by atoms with Crippen LogP contribution < -0.4 is 21.3 Å². The van der Waals surface area contributed by atoms with Gasteiger partial charge in [0.25, 0.3) is 5.91 Å². The first-order valence-electron chi connectivity index (χ1n) is 13.9. The van der Waals surface area contributed by atoms with Crippen LogP contribution in [-0.4, -0.2) is 64.2 Å². The molecule has 3 aromatic carbocycles. The molecule has 0 saturated heterocycles. The predicted molar refractivity (Wildman–Crippen MR) is 158 cm³/mol. The van der Waals surface area contributed by atoms with Gasteiger partial charge in [-0.1, -0.05) is 24.3 Å². The van der Waals surface area contributed by atoms with E-state index < -0.39 is 42.7 Å². The normalized spacial score (nSPS) is 15.4. The number of nitrogens with zero attached hydrogens (tertiary/aromatic N) is 3. The molecule has 9 nitrogen and oxygen atoms in total. The molecule has 5 N–H and O–H groups in total. The fraction of sp³-hybridized carbons (Fsp3) is 0.323. The molecule has 5 rings (SSSR count). The lowest BCUT2D eigenvalue weighted by atomic mass is 9.97. The molecule has 43 heavy (non-hydrogen) atoms. The number of carbonyl (C=O) groups excluding carboxylic acids is 2. The molecule has 2 amide bonds. The number of β-amino-alcohol motifs (C(OH)–C–C–N with tert-alkyl or cyclic N) is 1. The quantitative estimate of drug-likeness (QED) is 0.231. The number of hydrogen-bond acceptors (Lipinski definition) is 6. The summed E-state index contributed by atoms with van der Waals surface area (Å²) in [6, 6.07) is 16.6. The summed E-state index contributed by atoms with van der Waals surface area (Å²) in [6.45, 7) is 2.31. The van der Waals surface area contributed by atoms with Crippen LogP contribution in [0.25, 0.3) is 16.6 Å². The van der Waals surface area contributed by atoms with Crippen molar-refractivity contribution in [2.75, 3.05) is 29.9 Å². The minimum Gasteiger partial charge on any atom is -0.381 e. The van der Waals surface area contributed by atoms with Crippen LogP contribution in [0, 0.1) is 6.92 Å². The third-order valence-corrected chi connectivity index (χ3v) is 7.72. The van der Waals surface area contributed by atoms with E-state index in [0.717, 1.165) is 17.5 Å². The van der Waals surface area contributed by atoms with E-state index in [1.54, 1.807) is 59.0 Å². The molecule has 2 heterocycles. The largest absolute Gasteiger partial charge is 0.420 e. The van der Waals surface area contributed by atoms with Crippen LogP contribution in [0.2, 0.25) is 0 Å². The Balaban J connectivity index is 1.42. The Morgan fingerprint density at radius 3 is 2.63 bits per heavy atom. The molecular weight excluding hydrogens is 561 g/mol. The van der Waals surface area contributed by atoms with Gasteiger partial charge in [-0.3, -0.25) is 9.59 Å². The number of nitrogens with one attached hydrogen (secondary N) is 2. The molecule has 0 radical (unpaired) electrons. The van der Waals surface area contributed by atoms with Crippen molar-refractivity contribution in [1.29, 1.82) is 0 Å². The van der Waals surface area contributed by atoms with Crippen molar-refractivity contribution in [3.8, 4) is 5.69 Å². The second kappa shape index (κ2) is 11.6. The molecule has 0 fully saturated rings. The molecule has 4 aromatic rings. The number of hydrogen-bond donors (Lipinski definition) is 4. The zero-order valence-corrected chi connectivity index (χ0v) is 23.8. The van der Waals surface area contributed by atoms with Gasteiger partial charge in [-0.2, -0.15) is 18.3 Å². The lowest BCUT2D eigenvalue weighted by Crippen LogP contribution is -2.58. The topological polar surface area (TPSA) is 126 Å². The first kappa shape index (κ1) is 29.9. The van der Waals surface area contributed by atoms with E-state index in [9.17, 15) is 27.9 Å². The molecule has 1 aromatic heterocycles. The molecule has 0 aliphatic carbocycles. The Hall–Kier alpha value is -4.58. The van der Waals surface area contributed by atoms with E-state index in [1.807, 2.05) is 18.2 Å². The summed E-state index contributed by atoms with van der Waals surface area (Å²) in [4.78, 5) is 25.6. The van der Waals surface area contributed by atoms with E-state index in [1.165, 1.54) is 13.1 Å². The number of alkyl halides is 3. The number of fused-ring (bicyclic) bond motifs is 2.